The largest absolute Gasteiger partial charge is 0.465 e. The summed E-state index contributed by atoms with van der Waals surface area (Å²) >= 11 is 0. The number of hydrogen-bond acceptors (Lipinski definition) is 2. The zero-order valence-electron chi connectivity index (χ0n) is 9.32. The molecule has 0 atom stereocenters. The van der Waals surface area contributed by atoms with Crippen LogP contribution in [0.3, 0.4) is 0 Å². The fourth-order valence-corrected chi connectivity index (χ4v) is 1.91. The first-order chi connectivity index (χ1) is 8.15. The first-order valence-corrected chi connectivity index (χ1v) is 5.53. The van der Waals surface area contributed by atoms with Crippen molar-refractivity contribution in [2.45, 2.75) is 19.3 Å². The average molecular weight is 234 g/mol. The molecule has 0 unspecified atom stereocenters. The van der Waals surface area contributed by atoms with Gasteiger partial charge in [0.1, 0.15) is 0 Å². The third-order valence-corrected chi connectivity index (χ3v) is 2.76. The Kier molecular flexibility index (Phi) is 3.27. The minimum atomic E-state index is -1.00. The quantitative estimate of drug-likeness (QED) is 0.739. The molecular weight excluding hydrogens is 220 g/mol. The topological polar surface area (TPSA) is 78.4 Å². The Morgan fingerprint density at radius 2 is 2.24 bits per heavy atom. The maximum Gasteiger partial charge on any atom is 0.404 e. The molecule has 1 aliphatic rings. The second kappa shape index (κ2) is 4.86. The van der Waals surface area contributed by atoms with E-state index in [9.17, 15) is 9.59 Å². The average Bonchev–Trinajstić information content (AvgIpc) is 2.29. The lowest BCUT2D eigenvalue weighted by molar-refractivity contribution is -0.116. The summed E-state index contributed by atoms with van der Waals surface area (Å²) in [6.07, 6.45) is 0.925. The maximum atomic E-state index is 11.2. The number of amides is 2. The van der Waals surface area contributed by atoms with Gasteiger partial charge in [-0.15, -0.1) is 0 Å². The fraction of sp³-hybridized carbons (Fsp3) is 0.333. The van der Waals surface area contributed by atoms with Crippen molar-refractivity contribution in [1.29, 1.82) is 0 Å². The van der Waals surface area contributed by atoms with Crippen LogP contribution in [0.25, 0.3) is 0 Å². The number of benzene rings is 1. The van der Waals surface area contributed by atoms with Crippen molar-refractivity contribution in [3.05, 3.63) is 29.3 Å². The summed E-state index contributed by atoms with van der Waals surface area (Å²) in [5, 5.41) is 13.6. The molecule has 1 aliphatic heterocycles. The lowest BCUT2D eigenvalue weighted by Crippen LogP contribution is -2.23. The van der Waals surface area contributed by atoms with Crippen molar-refractivity contribution in [2.24, 2.45) is 0 Å². The molecule has 2 amide bonds. The summed E-state index contributed by atoms with van der Waals surface area (Å²) in [6.45, 7) is 0.403. The van der Waals surface area contributed by atoms with E-state index in [0.29, 0.717) is 19.4 Å². The van der Waals surface area contributed by atoms with Crippen molar-refractivity contribution in [3.63, 3.8) is 0 Å². The fourth-order valence-electron chi connectivity index (χ4n) is 1.91. The van der Waals surface area contributed by atoms with Crippen LogP contribution in [0.15, 0.2) is 18.2 Å². The van der Waals surface area contributed by atoms with Gasteiger partial charge in [0, 0.05) is 18.7 Å². The molecule has 17 heavy (non-hydrogen) atoms. The van der Waals surface area contributed by atoms with Gasteiger partial charge in [-0.3, -0.25) is 4.79 Å². The van der Waals surface area contributed by atoms with E-state index in [2.05, 4.69) is 10.6 Å². The third kappa shape index (κ3) is 2.96. The van der Waals surface area contributed by atoms with Gasteiger partial charge in [0.25, 0.3) is 0 Å². The number of rotatable bonds is 3. The van der Waals surface area contributed by atoms with E-state index in [0.717, 1.165) is 23.2 Å². The second-order valence-electron chi connectivity index (χ2n) is 4.02. The Balaban J connectivity index is 2.01. The summed E-state index contributed by atoms with van der Waals surface area (Å²) < 4.78 is 0. The van der Waals surface area contributed by atoms with Crippen LogP contribution >= 0.6 is 0 Å². The van der Waals surface area contributed by atoms with Crippen molar-refractivity contribution >= 4 is 17.7 Å². The zero-order valence-corrected chi connectivity index (χ0v) is 9.32. The summed E-state index contributed by atoms with van der Waals surface area (Å²) in [5.41, 5.74) is 3.07. The standard InChI is InChI=1S/C12H14N2O3/c15-11-4-2-9-7-8(1-3-10(9)14-11)5-6-13-12(16)17/h1,3,7,13H,2,4-6H2,(H,14,15)(H,16,17). The molecule has 0 saturated carbocycles. The number of fused-ring (bicyclic) bond motifs is 1. The number of anilines is 1. The molecule has 5 nitrogen and oxygen atoms in total. The number of carbonyl (C=O) groups is 2. The van der Waals surface area contributed by atoms with E-state index >= 15 is 0 Å². The number of aryl methyl sites for hydroxylation is 1. The molecule has 3 N–H and O–H groups in total. The highest BCUT2D eigenvalue weighted by molar-refractivity contribution is 5.93. The predicted octanol–water partition coefficient (Wildman–Crippen LogP) is 1.38. The monoisotopic (exact) mass is 234 g/mol. The minimum Gasteiger partial charge on any atom is -0.465 e. The van der Waals surface area contributed by atoms with Crippen molar-refractivity contribution in [1.82, 2.24) is 5.32 Å². The van der Waals surface area contributed by atoms with Crippen LogP contribution in [0, 0.1) is 0 Å². The number of hydrogen-bond donors (Lipinski definition) is 3. The molecule has 90 valence electrons. The molecule has 0 spiro atoms. The molecule has 0 radical (unpaired) electrons. The second-order valence-corrected chi connectivity index (χ2v) is 4.02. The molecule has 0 aliphatic carbocycles. The molecule has 1 aromatic rings. The van der Waals surface area contributed by atoms with Crippen LogP contribution in [0.2, 0.25) is 0 Å². The lowest BCUT2D eigenvalue weighted by Gasteiger charge is -2.17. The molecule has 1 aromatic carbocycles. The highest BCUT2D eigenvalue weighted by Gasteiger charge is 2.14. The summed E-state index contributed by atoms with van der Waals surface area (Å²) in [4.78, 5) is 21.5. The summed E-state index contributed by atoms with van der Waals surface area (Å²) in [5.74, 6) is 0.0535. The Bertz CT molecular complexity index is 457. The minimum absolute atomic E-state index is 0.0535. The van der Waals surface area contributed by atoms with Crippen LogP contribution in [0.4, 0.5) is 10.5 Å². The highest BCUT2D eigenvalue weighted by Crippen LogP contribution is 2.23. The molecule has 0 fully saturated rings. The van der Waals surface area contributed by atoms with E-state index in [-0.39, 0.29) is 5.91 Å². The smallest absolute Gasteiger partial charge is 0.404 e. The molecule has 2 rings (SSSR count). The van der Waals surface area contributed by atoms with E-state index in [1.165, 1.54) is 0 Å². The van der Waals surface area contributed by atoms with Crippen LogP contribution < -0.4 is 10.6 Å². The van der Waals surface area contributed by atoms with Gasteiger partial charge in [0.2, 0.25) is 5.91 Å². The Morgan fingerprint density at radius 1 is 1.41 bits per heavy atom. The molecule has 0 aromatic heterocycles. The highest BCUT2D eigenvalue weighted by atomic mass is 16.4. The Hall–Kier alpha value is -2.04. The van der Waals surface area contributed by atoms with Crippen molar-refractivity contribution in [2.75, 3.05) is 11.9 Å². The Morgan fingerprint density at radius 3 is 3.00 bits per heavy atom. The Labute approximate surface area is 98.8 Å². The molecule has 5 heteroatoms. The van der Waals surface area contributed by atoms with Crippen LogP contribution in [-0.4, -0.2) is 23.7 Å². The predicted molar refractivity (Wildman–Crippen MR) is 63.1 cm³/mol. The van der Waals surface area contributed by atoms with Crippen LogP contribution in [-0.2, 0) is 17.6 Å². The van der Waals surface area contributed by atoms with E-state index in [1.807, 2.05) is 18.2 Å². The van der Waals surface area contributed by atoms with Gasteiger partial charge < -0.3 is 15.7 Å². The zero-order chi connectivity index (χ0) is 12.3. The maximum absolute atomic E-state index is 11.2. The molecular formula is C12H14N2O3. The summed E-state index contributed by atoms with van der Waals surface area (Å²) in [6, 6.07) is 5.81. The third-order valence-electron chi connectivity index (χ3n) is 2.76. The van der Waals surface area contributed by atoms with Crippen LogP contribution in [0.5, 0.6) is 0 Å². The number of carboxylic acid groups (broad SMARTS) is 1. The summed E-state index contributed by atoms with van der Waals surface area (Å²) in [7, 11) is 0. The van der Waals surface area contributed by atoms with Gasteiger partial charge in [0.15, 0.2) is 0 Å². The molecule has 0 saturated heterocycles. The van der Waals surface area contributed by atoms with Crippen LogP contribution in [0.1, 0.15) is 17.5 Å². The van der Waals surface area contributed by atoms with Crippen molar-refractivity contribution < 1.29 is 14.7 Å². The first kappa shape index (κ1) is 11.4. The van der Waals surface area contributed by atoms with Crippen molar-refractivity contribution in [3.8, 4) is 0 Å². The number of nitrogens with one attached hydrogen (secondary N) is 2. The van der Waals surface area contributed by atoms with Gasteiger partial charge >= 0.3 is 6.09 Å². The van der Waals surface area contributed by atoms with E-state index in [1.54, 1.807) is 0 Å². The van der Waals surface area contributed by atoms with Gasteiger partial charge in [-0.1, -0.05) is 12.1 Å². The molecule has 0 bridgehead atoms. The molecule has 1 heterocycles. The first-order valence-electron chi connectivity index (χ1n) is 5.53. The van der Waals surface area contributed by atoms with Gasteiger partial charge in [-0.05, 0) is 30.0 Å². The van der Waals surface area contributed by atoms with E-state index < -0.39 is 6.09 Å². The van der Waals surface area contributed by atoms with Gasteiger partial charge in [0.05, 0.1) is 0 Å². The lowest BCUT2D eigenvalue weighted by atomic mass is 9.99. The van der Waals surface area contributed by atoms with Gasteiger partial charge in [-0.2, -0.15) is 0 Å². The van der Waals surface area contributed by atoms with E-state index in [4.69, 9.17) is 5.11 Å². The van der Waals surface area contributed by atoms with Gasteiger partial charge in [-0.25, -0.2) is 4.79 Å². The normalized spacial score (nSPS) is 13.8. The number of carbonyl (C=O) groups excluding carboxylic acids is 1. The SMILES string of the molecule is O=C(O)NCCc1ccc2c(c1)CCC(=O)N2.